The Bertz CT molecular complexity index is 492. The molecule has 0 aliphatic heterocycles. The number of benzene rings is 1. The van der Waals surface area contributed by atoms with Gasteiger partial charge in [0, 0.05) is 5.56 Å². The van der Waals surface area contributed by atoms with Gasteiger partial charge in [0.15, 0.2) is 9.84 Å². The summed E-state index contributed by atoms with van der Waals surface area (Å²) in [6, 6.07) is 7.06. The first-order chi connectivity index (χ1) is 7.34. The average molecular weight is 257 g/mol. The van der Waals surface area contributed by atoms with Gasteiger partial charge in [0.1, 0.15) is 4.99 Å². The molecular formula is C11H15NO2S2. The number of rotatable bonds is 4. The molecule has 0 spiro atoms. The fourth-order valence-electron chi connectivity index (χ4n) is 1.27. The monoisotopic (exact) mass is 257 g/mol. The molecule has 0 radical (unpaired) electrons. The highest BCUT2D eigenvalue weighted by atomic mass is 32.2. The van der Waals surface area contributed by atoms with Crippen LogP contribution >= 0.6 is 12.2 Å². The average Bonchev–Trinajstić information content (AvgIpc) is 2.17. The zero-order valence-corrected chi connectivity index (χ0v) is 10.9. The van der Waals surface area contributed by atoms with Crippen LogP contribution in [0, 0.1) is 0 Å². The van der Waals surface area contributed by atoms with Crippen molar-refractivity contribution in [3.63, 3.8) is 0 Å². The summed E-state index contributed by atoms with van der Waals surface area (Å²) >= 11 is 4.89. The number of hydrogen-bond donors (Lipinski definition) is 1. The minimum Gasteiger partial charge on any atom is -0.389 e. The van der Waals surface area contributed by atoms with Crippen LogP contribution in [0.4, 0.5) is 0 Å². The molecule has 0 aliphatic carbocycles. The number of hydrogen-bond acceptors (Lipinski definition) is 3. The predicted molar refractivity (Wildman–Crippen MR) is 70.1 cm³/mol. The quantitative estimate of drug-likeness (QED) is 0.833. The van der Waals surface area contributed by atoms with Crippen LogP contribution in [-0.4, -0.2) is 18.7 Å². The van der Waals surface area contributed by atoms with Crippen LogP contribution in [0.15, 0.2) is 24.3 Å². The molecule has 0 saturated carbocycles. The number of sulfone groups is 1. The van der Waals surface area contributed by atoms with Crippen molar-refractivity contribution < 1.29 is 8.42 Å². The molecule has 5 heteroatoms. The summed E-state index contributed by atoms with van der Waals surface area (Å²) in [5, 5.41) is -0.396. The van der Waals surface area contributed by atoms with Crippen LogP contribution in [0.2, 0.25) is 0 Å². The third kappa shape index (κ3) is 3.02. The van der Waals surface area contributed by atoms with Gasteiger partial charge in [-0.05, 0) is 19.4 Å². The molecule has 0 atom stereocenters. The Kier molecular flexibility index (Phi) is 4.04. The van der Waals surface area contributed by atoms with E-state index in [1.807, 2.05) is 0 Å². The molecule has 0 fully saturated rings. The van der Waals surface area contributed by atoms with Gasteiger partial charge in [0.2, 0.25) is 0 Å². The molecule has 2 N–H and O–H groups in total. The Morgan fingerprint density at radius 1 is 1.38 bits per heavy atom. The van der Waals surface area contributed by atoms with E-state index in [-0.39, 0.29) is 10.7 Å². The zero-order chi connectivity index (χ0) is 12.3. The lowest BCUT2D eigenvalue weighted by molar-refractivity contribution is 0.586. The van der Waals surface area contributed by atoms with Gasteiger partial charge >= 0.3 is 0 Å². The molecule has 0 saturated heterocycles. The van der Waals surface area contributed by atoms with Gasteiger partial charge in [0.25, 0.3) is 0 Å². The summed E-state index contributed by atoms with van der Waals surface area (Å²) in [6.07, 6.45) is 0. The molecule has 88 valence electrons. The van der Waals surface area contributed by atoms with Gasteiger partial charge in [0.05, 0.1) is 11.0 Å². The highest BCUT2D eigenvalue weighted by Crippen LogP contribution is 2.15. The molecule has 0 heterocycles. The highest BCUT2D eigenvalue weighted by Gasteiger charge is 2.18. The topological polar surface area (TPSA) is 60.2 Å². The normalized spacial score (nSPS) is 11.7. The van der Waals surface area contributed by atoms with E-state index >= 15 is 0 Å². The maximum atomic E-state index is 11.8. The van der Waals surface area contributed by atoms with E-state index in [2.05, 4.69) is 0 Å². The van der Waals surface area contributed by atoms with Crippen molar-refractivity contribution in [1.82, 2.24) is 0 Å². The lowest BCUT2D eigenvalue weighted by Crippen LogP contribution is -2.19. The van der Waals surface area contributed by atoms with Crippen molar-refractivity contribution >= 4 is 27.0 Å². The number of nitrogens with two attached hydrogens (primary N) is 1. The van der Waals surface area contributed by atoms with E-state index in [0.717, 1.165) is 0 Å². The highest BCUT2D eigenvalue weighted by molar-refractivity contribution is 7.91. The molecule has 0 amide bonds. The largest absolute Gasteiger partial charge is 0.389 e. The van der Waals surface area contributed by atoms with Crippen molar-refractivity contribution in [3.8, 4) is 0 Å². The third-order valence-corrected chi connectivity index (χ3v) is 4.73. The SMILES string of the molecule is CC(C)S(=O)(=O)Cc1ccccc1C(N)=S. The van der Waals surface area contributed by atoms with Gasteiger partial charge in [-0.1, -0.05) is 36.5 Å². The van der Waals surface area contributed by atoms with Gasteiger partial charge < -0.3 is 5.73 Å². The summed E-state index contributed by atoms with van der Waals surface area (Å²) in [5.74, 6) is -0.0157. The Labute approximate surface area is 102 Å². The van der Waals surface area contributed by atoms with Crippen molar-refractivity contribution in [2.75, 3.05) is 0 Å². The fourth-order valence-corrected chi connectivity index (χ4v) is 2.49. The first kappa shape index (κ1) is 13.1. The Morgan fingerprint density at radius 3 is 2.44 bits per heavy atom. The summed E-state index contributed by atoms with van der Waals surface area (Å²) in [5.41, 5.74) is 6.86. The Balaban J connectivity index is 3.12. The summed E-state index contributed by atoms with van der Waals surface area (Å²) < 4.78 is 23.6. The van der Waals surface area contributed by atoms with Crippen molar-refractivity contribution in [1.29, 1.82) is 0 Å². The first-order valence-corrected chi connectivity index (χ1v) is 7.06. The molecule has 0 aliphatic rings. The van der Waals surface area contributed by atoms with E-state index in [1.54, 1.807) is 38.1 Å². The summed E-state index contributed by atoms with van der Waals surface area (Å²) in [6.45, 7) is 3.33. The van der Waals surface area contributed by atoms with Crippen LogP contribution in [0.3, 0.4) is 0 Å². The van der Waals surface area contributed by atoms with Crippen molar-refractivity contribution in [2.24, 2.45) is 5.73 Å². The van der Waals surface area contributed by atoms with Gasteiger partial charge in [-0.3, -0.25) is 0 Å². The third-order valence-electron chi connectivity index (χ3n) is 2.36. The molecule has 0 aromatic heterocycles. The molecule has 1 aromatic carbocycles. The number of thiocarbonyl (C=S) groups is 1. The van der Waals surface area contributed by atoms with E-state index in [1.165, 1.54) is 0 Å². The minimum absolute atomic E-state index is 0.0157. The van der Waals surface area contributed by atoms with Gasteiger partial charge in [-0.2, -0.15) is 0 Å². The second-order valence-corrected chi connectivity index (χ2v) is 6.87. The molecule has 16 heavy (non-hydrogen) atoms. The lowest BCUT2D eigenvalue weighted by atomic mass is 10.1. The smallest absolute Gasteiger partial charge is 0.156 e. The lowest BCUT2D eigenvalue weighted by Gasteiger charge is -2.11. The second kappa shape index (κ2) is 4.93. The predicted octanol–water partition coefficient (Wildman–Crippen LogP) is 1.64. The molecule has 0 unspecified atom stereocenters. The van der Waals surface area contributed by atoms with Crippen LogP contribution in [0.5, 0.6) is 0 Å². The molecule has 1 aromatic rings. The van der Waals surface area contributed by atoms with Crippen LogP contribution in [-0.2, 0) is 15.6 Å². The summed E-state index contributed by atoms with van der Waals surface area (Å²) in [4.78, 5) is 0.231. The van der Waals surface area contributed by atoms with Crippen molar-refractivity contribution in [2.45, 2.75) is 24.9 Å². The van der Waals surface area contributed by atoms with Gasteiger partial charge in [-0.25, -0.2) is 8.42 Å². The van der Waals surface area contributed by atoms with E-state index in [4.69, 9.17) is 18.0 Å². The van der Waals surface area contributed by atoms with E-state index in [9.17, 15) is 8.42 Å². The Hall–Kier alpha value is -0.940. The standard InChI is InChI=1S/C11H15NO2S2/c1-8(2)16(13,14)7-9-5-3-4-6-10(9)11(12)15/h3-6,8H,7H2,1-2H3,(H2,12,15). The molecular weight excluding hydrogens is 242 g/mol. The second-order valence-electron chi connectivity index (χ2n) is 3.88. The molecule has 0 bridgehead atoms. The van der Waals surface area contributed by atoms with Crippen molar-refractivity contribution in [3.05, 3.63) is 35.4 Å². The van der Waals surface area contributed by atoms with E-state index < -0.39 is 15.1 Å². The zero-order valence-electron chi connectivity index (χ0n) is 9.30. The van der Waals surface area contributed by atoms with Crippen LogP contribution in [0.1, 0.15) is 25.0 Å². The van der Waals surface area contributed by atoms with E-state index in [0.29, 0.717) is 11.1 Å². The maximum absolute atomic E-state index is 11.8. The molecule has 3 nitrogen and oxygen atoms in total. The van der Waals surface area contributed by atoms with Gasteiger partial charge in [-0.15, -0.1) is 0 Å². The van der Waals surface area contributed by atoms with Crippen LogP contribution < -0.4 is 5.73 Å². The minimum atomic E-state index is -3.12. The first-order valence-electron chi connectivity index (χ1n) is 4.94. The fraction of sp³-hybridized carbons (Fsp3) is 0.364. The summed E-state index contributed by atoms with van der Waals surface area (Å²) in [7, 11) is -3.12. The maximum Gasteiger partial charge on any atom is 0.156 e. The molecule has 1 rings (SSSR count). The van der Waals surface area contributed by atoms with Crippen LogP contribution in [0.25, 0.3) is 0 Å². The Morgan fingerprint density at radius 2 is 1.94 bits per heavy atom.